The van der Waals surface area contributed by atoms with Gasteiger partial charge < -0.3 is 0 Å². The van der Waals surface area contributed by atoms with Crippen molar-refractivity contribution in [3.63, 3.8) is 0 Å². The fourth-order valence-electron chi connectivity index (χ4n) is 2.88. The summed E-state index contributed by atoms with van der Waals surface area (Å²) in [5.41, 5.74) is 1.04. The summed E-state index contributed by atoms with van der Waals surface area (Å²) in [5, 5.41) is 8.96. The maximum Gasteiger partial charge on any atom is 0.435 e. The van der Waals surface area contributed by atoms with Crippen molar-refractivity contribution in [3.05, 3.63) is 53.9 Å². The van der Waals surface area contributed by atoms with Gasteiger partial charge in [0.1, 0.15) is 6.33 Å². The highest BCUT2D eigenvalue weighted by Gasteiger charge is 2.34. The third kappa shape index (κ3) is 2.79. The molecule has 0 saturated carbocycles. The van der Waals surface area contributed by atoms with Crippen molar-refractivity contribution >= 4 is 16.6 Å². The van der Waals surface area contributed by atoms with Gasteiger partial charge in [-0.15, -0.1) is 5.10 Å². The highest BCUT2D eigenvalue weighted by molar-refractivity contribution is 5.90. The molecule has 0 bridgehead atoms. The molecule has 3 heterocycles. The number of halogens is 3. The van der Waals surface area contributed by atoms with Crippen molar-refractivity contribution in [2.24, 2.45) is 0 Å². The molecule has 0 aliphatic heterocycles. The Hall–Kier alpha value is -2.97. The van der Waals surface area contributed by atoms with E-state index >= 15 is 0 Å². The second-order valence-electron chi connectivity index (χ2n) is 6.25. The molecule has 4 aromatic rings. The summed E-state index contributed by atoms with van der Waals surface area (Å²) in [4.78, 5) is 8.90. The second kappa shape index (κ2) is 5.79. The minimum atomic E-state index is -4.45. The van der Waals surface area contributed by atoms with Gasteiger partial charge in [-0.25, -0.2) is 14.5 Å². The first-order valence-corrected chi connectivity index (χ1v) is 8.04. The first kappa shape index (κ1) is 16.5. The third-order valence-corrected chi connectivity index (χ3v) is 4.26. The molecule has 3 aromatic heterocycles. The predicted molar refractivity (Wildman–Crippen MR) is 88.7 cm³/mol. The van der Waals surface area contributed by atoms with Crippen LogP contribution < -0.4 is 0 Å². The Bertz CT molecular complexity index is 1090. The molecule has 0 radical (unpaired) electrons. The molecule has 134 valence electrons. The first-order valence-electron chi connectivity index (χ1n) is 8.04. The minimum absolute atomic E-state index is 0.214. The van der Waals surface area contributed by atoms with E-state index in [1.807, 2.05) is 31.2 Å². The molecule has 0 aliphatic rings. The SMILES string of the molecule is Cc1cc(C(F)(F)F)nn1CC(C)c1nc2c3ccccc3ncn2n1. The molecule has 0 aliphatic carbocycles. The molecule has 0 spiro atoms. The van der Waals surface area contributed by atoms with Crippen molar-refractivity contribution < 1.29 is 13.2 Å². The number of hydrogen-bond acceptors (Lipinski definition) is 4. The number of aromatic nitrogens is 6. The number of hydrogen-bond donors (Lipinski definition) is 0. The first-order chi connectivity index (χ1) is 12.3. The van der Waals surface area contributed by atoms with Gasteiger partial charge in [0.15, 0.2) is 17.2 Å². The lowest BCUT2D eigenvalue weighted by molar-refractivity contribution is -0.141. The Morgan fingerprint density at radius 3 is 2.65 bits per heavy atom. The van der Waals surface area contributed by atoms with E-state index in [-0.39, 0.29) is 12.5 Å². The zero-order chi connectivity index (χ0) is 18.5. The molecule has 0 fully saturated rings. The number of benzene rings is 1. The number of fused-ring (bicyclic) bond motifs is 3. The van der Waals surface area contributed by atoms with Crippen LogP contribution >= 0.6 is 0 Å². The fourth-order valence-corrected chi connectivity index (χ4v) is 2.88. The van der Waals surface area contributed by atoms with Crippen LogP contribution in [0.2, 0.25) is 0 Å². The highest BCUT2D eigenvalue weighted by atomic mass is 19.4. The number of alkyl halides is 3. The van der Waals surface area contributed by atoms with Crippen LogP contribution in [0.5, 0.6) is 0 Å². The Morgan fingerprint density at radius 2 is 1.92 bits per heavy atom. The topological polar surface area (TPSA) is 60.9 Å². The quantitative estimate of drug-likeness (QED) is 0.560. The molecule has 1 atom stereocenters. The summed E-state index contributed by atoms with van der Waals surface area (Å²) < 4.78 is 41.4. The molecule has 6 nitrogen and oxygen atoms in total. The lowest BCUT2D eigenvalue weighted by Gasteiger charge is -2.09. The van der Waals surface area contributed by atoms with Crippen LogP contribution in [-0.2, 0) is 12.7 Å². The maximum absolute atomic E-state index is 12.8. The molecule has 0 saturated heterocycles. The molecular weight excluding hydrogens is 345 g/mol. The normalized spacial score (nSPS) is 13.6. The highest BCUT2D eigenvalue weighted by Crippen LogP contribution is 2.29. The van der Waals surface area contributed by atoms with Crippen LogP contribution in [0.1, 0.15) is 30.1 Å². The molecular formula is C17H15F3N6. The van der Waals surface area contributed by atoms with E-state index in [4.69, 9.17) is 0 Å². The van der Waals surface area contributed by atoms with Crippen LogP contribution in [-0.4, -0.2) is 29.4 Å². The molecule has 1 unspecified atom stereocenters. The van der Waals surface area contributed by atoms with Crippen molar-refractivity contribution in [3.8, 4) is 0 Å². The molecule has 9 heteroatoms. The van der Waals surface area contributed by atoms with Crippen molar-refractivity contribution in [2.45, 2.75) is 32.5 Å². The van der Waals surface area contributed by atoms with Gasteiger partial charge in [-0.2, -0.15) is 18.3 Å². The largest absolute Gasteiger partial charge is 0.435 e. The summed E-state index contributed by atoms with van der Waals surface area (Å²) in [6.45, 7) is 3.71. The van der Waals surface area contributed by atoms with E-state index in [1.165, 1.54) is 4.68 Å². The average molecular weight is 360 g/mol. The molecule has 1 aromatic carbocycles. The monoisotopic (exact) mass is 360 g/mol. The molecule has 0 N–H and O–H groups in total. The summed E-state index contributed by atoms with van der Waals surface area (Å²) in [6, 6.07) is 8.63. The smallest absolute Gasteiger partial charge is 0.269 e. The van der Waals surface area contributed by atoms with E-state index in [2.05, 4.69) is 20.2 Å². The van der Waals surface area contributed by atoms with Gasteiger partial charge in [-0.3, -0.25) is 4.68 Å². The Balaban J connectivity index is 1.67. The molecule has 26 heavy (non-hydrogen) atoms. The van der Waals surface area contributed by atoms with E-state index in [0.29, 0.717) is 17.2 Å². The lowest BCUT2D eigenvalue weighted by atomic mass is 10.1. The Kier molecular flexibility index (Phi) is 3.67. The summed E-state index contributed by atoms with van der Waals surface area (Å²) in [6.07, 6.45) is -2.87. The van der Waals surface area contributed by atoms with Crippen LogP contribution in [0, 0.1) is 6.92 Å². The summed E-state index contributed by atoms with van der Waals surface area (Å²) >= 11 is 0. The van der Waals surface area contributed by atoms with Crippen LogP contribution in [0.3, 0.4) is 0 Å². The van der Waals surface area contributed by atoms with Crippen molar-refractivity contribution in [1.82, 2.24) is 29.4 Å². The van der Waals surface area contributed by atoms with Gasteiger partial charge in [0, 0.05) is 17.0 Å². The van der Waals surface area contributed by atoms with Crippen LogP contribution in [0.25, 0.3) is 16.6 Å². The van der Waals surface area contributed by atoms with Gasteiger partial charge in [0.05, 0.1) is 12.1 Å². The Labute approximate surface area is 146 Å². The molecule has 4 rings (SSSR count). The van der Waals surface area contributed by atoms with Gasteiger partial charge in [0.25, 0.3) is 0 Å². The second-order valence-corrected chi connectivity index (χ2v) is 6.25. The third-order valence-electron chi connectivity index (χ3n) is 4.26. The van der Waals surface area contributed by atoms with Crippen LogP contribution in [0.15, 0.2) is 36.7 Å². The summed E-state index contributed by atoms with van der Waals surface area (Å²) in [7, 11) is 0. The van der Waals surface area contributed by atoms with Crippen LogP contribution in [0.4, 0.5) is 13.2 Å². The number of nitrogens with zero attached hydrogens (tertiary/aromatic N) is 6. The van der Waals surface area contributed by atoms with Crippen molar-refractivity contribution in [2.75, 3.05) is 0 Å². The number of para-hydroxylation sites is 1. The van der Waals surface area contributed by atoms with E-state index in [9.17, 15) is 13.2 Å². The zero-order valence-electron chi connectivity index (χ0n) is 14.1. The standard InChI is InChI=1S/C17H15F3N6/c1-10(8-25-11(2)7-14(23-25)17(18,19)20)15-22-16-12-5-3-4-6-13(12)21-9-26(16)24-15/h3-7,9-10H,8H2,1-2H3. The van der Waals surface area contributed by atoms with Gasteiger partial charge in [-0.05, 0) is 25.1 Å². The number of rotatable bonds is 3. The molecule has 0 amide bonds. The summed E-state index contributed by atoms with van der Waals surface area (Å²) in [5.74, 6) is 0.319. The van der Waals surface area contributed by atoms with E-state index in [0.717, 1.165) is 17.0 Å². The minimum Gasteiger partial charge on any atom is -0.269 e. The van der Waals surface area contributed by atoms with E-state index < -0.39 is 11.9 Å². The lowest BCUT2D eigenvalue weighted by Crippen LogP contribution is -2.12. The zero-order valence-corrected chi connectivity index (χ0v) is 14.1. The van der Waals surface area contributed by atoms with Gasteiger partial charge in [-0.1, -0.05) is 19.1 Å². The maximum atomic E-state index is 12.8. The fraction of sp³-hybridized carbons (Fsp3) is 0.294. The predicted octanol–water partition coefficient (Wildman–Crippen LogP) is 3.60. The number of aryl methyl sites for hydroxylation is 1. The van der Waals surface area contributed by atoms with Crippen molar-refractivity contribution in [1.29, 1.82) is 0 Å². The van der Waals surface area contributed by atoms with E-state index in [1.54, 1.807) is 17.8 Å². The average Bonchev–Trinajstić information content (AvgIpc) is 3.19. The van der Waals surface area contributed by atoms with Gasteiger partial charge in [0.2, 0.25) is 0 Å². The Morgan fingerprint density at radius 1 is 1.15 bits per heavy atom. The van der Waals surface area contributed by atoms with Gasteiger partial charge >= 0.3 is 6.18 Å².